The second-order valence-electron chi connectivity index (χ2n) is 2.73. The van der Waals surface area contributed by atoms with Crippen molar-refractivity contribution in [3.8, 4) is 6.07 Å². The third-order valence-corrected chi connectivity index (χ3v) is 1.93. The van der Waals surface area contributed by atoms with Gasteiger partial charge in [-0.05, 0) is 36.4 Å². The number of hydrogen-bond acceptors (Lipinski definition) is 2. The first-order chi connectivity index (χ1) is 5.90. The van der Waals surface area contributed by atoms with Gasteiger partial charge < -0.3 is 5.32 Å². The zero-order chi connectivity index (χ0) is 8.39. The van der Waals surface area contributed by atoms with E-state index in [2.05, 4.69) is 11.4 Å². The van der Waals surface area contributed by atoms with Gasteiger partial charge in [0.05, 0.1) is 11.6 Å². The molecule has 0 bridgehead atoms. The maximum absolute atomic E-state index is 8.65. The molecule has 0 spiro atoms. The summed E-state index contributed by atoms with van der Waals surface area (Å²) in [6, 6.07) is 7.81. The van der Waals surface area contributed by atoms with Crippen molar-refractivity contribution < 1.29 is 0 Å². The number of benzene rings is 1. The third-order valence-electron chi connectivity index (χ3n) is 1.93. The van der Waals surface area contributed by atoms with Gasteiger partial charge in [0.2, 0.25) is 0 Å². The lowest BCUT2D eigenvalue weighted by atomic mass is 10.0. The molecule has 0 unspecified atom stereocenters. The van der Waals surface area contributed by atoms with Crippen LogP contribution in [0.15, 0.2) is 30.5 Å². The van der Waals surface area contributed by atoms with Crippen LogP contribution < -0.4 is 5.32 Å². The molecule has 0 amide bonds. The van der Waals surface area contributed by atoms with Crippen molar-refractivity contribution in [1.29, 1.82) is 5.26 Å². The number of hydrogen-bond donors (Lipinski definition) is 1. The predicted molar refractivity (Wildman–Crippen MR) is 47.6 cm³/mol. The van der Waals surface area contributed by atoms with E-state index in [0.717, 1.165) is 17.7 Å². The zero-order valence-corrected chi connectivity index (χ0v) is 6.54. The SMILES string of the molecule is N#Cc1ccc2c(c1)CC=CN2. The van der Waals surface area contributed by atoms with Gasteiger partial charge in [0, 0.05) is 5.69 Å². The standard InChI is InChI=1S/C10H8N2/c11-7-8-3-4-10-9(6-8)2-1-5-12-10/h1,3-6,12H,2H2. The Bertz CT molecular complexity index is 372. The van der Waals surface area contributed by atoms with Crippen LogP contribution in [-0.2, 0) is 6.42 Å². The Morgan fingerprint density at radius 2 is 2.33 bits per heavy atom. The van der Waals surface area contributed by atoms with Crippen molar-refractivity contribution in [2.24, 2.45) is 0 Å². The zero-order valence-electron chi connectivity index (χ0n) is 6.54. The van der Waals surface area contributed by atoms with Crippen LogP contribution in [0.25, 0.3) is 0 Å². The molecule has 2 heteroatoms. The Morgan fingerprint density at radius 3 is 3.17 bits per heavy atom. The Hall–Kier alpha value is -1.75. The van der Waals surface area contributed by atoms with Crippen molar-refractivity contribution >= 4 is 5.69 Å². The van der Waals surface area contributed by atoms with Crippen LogP contribution in [0.2, 0.25) is 0 Å². The molecule has 0 radical (unpaired) electrons. The summed E-state index contributed by atoms with van der Waals surface area (Å²) in [5.74, 6) is 0. The quantitative estimate of drug-likeness (QED) is 0.624. The molecule has 1 aliphatic rings. The molecule has 0 aromatic heterocycles. The number of fused-ring (bicyclic) bond motifs is 1. The smallest absolute Gasteiger partial charge is 0.0991 e. The van der Waals surface area contributed by atoms with Crippen LogP contribution in [0.4, 0.5) is 5.69 Å². The van der Waals surface area contributed by atoms with Gasteiger partial charge in [-0.25, -0.2) is 0 Å². The average molecular weight is 156 g/mol. The fourth-order valence-corrected chi connectivity index (χ4v) is 1.31. The molecule has 2 nitrogen and oxygen atoms in total. The summed E-state index contributed by atoms with van der Waals surface area (Å²) in [6.45, 7) is 0. The topological polar surface area (TPSA) is 35.8 Å². The third kappa shape index (κ3) is 1.06. The number of nitrogens with one attached hydrogen (secondary N) is 1. The van der Waals surface area contributed by atoms with Crippen molar-refractivity contribution in [2.45, 2.75) is 6.42 Å². The van der Waals surface area contributed by atoms with Crippen LogP contribution in [0.5, 0.6) is 0 Å². The highest BCUT2D eigenvalue weighted by Crippen LogP contribution is 2.20. The van der Waals surface area contributed by atoms with Crippen molar-refractivity contribution in [3.05, 3.63) is 41.6 Å². The lowest BCUT2D eigenvalue weighted by Gasteiger charge is -2.11. The summed E-state index contributed by atoms with van der Waals surface area (Å²) in [6.07, 6.45) is 4.88. The maximum atomic E-state index is 8.65. The number of anilines is 1. The van der Waals surface area contributed by atoms with E-state index in [4.69, 9.17) is 5.26 Å². The summed E-state index contributed by atoms with van der Waals surface area (Å²) in [5.41, 5.74) is 3.03. The minimum Gasteiger partial charge on any atom is -0.362 e. The number of allylic oxidation sites excluding steroid dienone is 1. The fourth-order valence-electron chi connectivity index (χ4n) is 1.31. The van der Waals surface area contributed by atoms with Gasteiger partial charge in [-0.15, -0.1) is 0 Å². The molecule has 1 heterocycles. The normalized spacial score (nSPS) is 12.9. The summed E-state index contributed by atoms with van der Waals surface area (Å²) in [4.78, 5) is 0. The maximum Gasteiger partial charge on any atom is 0.0991 e. The molecule has 1 aromatic carbocycles. The van der Waals surface area contributed by atoms with Crippen LogP contribution in [0, 0.1) is 11.3 Å². The van der Waals surface area contributed by atoms with E-state index in [1.807, 2.05) is 30.5 Å². The van der Waals surface area contributed by atoms with Gasteiger partial charge in [0.15, 0.2) is 0 Å². The molecule has 0 atom stereocenters. The molecule has 1 N–H and O–H groups in total. The Morgan fingerprint density at radius 1 is 1.42 bits per heavy atom. The highest BCUT2D eigenvalue weighted by molar-refractivity contribution is 5.58. The first-order valence-electron chi connectivity index (χ1n) is 3.85. The van der Waals surface area contributed by atoms with E-state index in [1.165, 1.54) is 5.56 Å². The molecule has 1 aromatic rings. The summed E-state index contributed by atoms with van der Waals surface area (Å²) in [5, 5.41) is 11.8. The Kier molecular flexibility index (Phi) is 1.56. The van der Waals surface area contributed by atoms with Crippen molar-refractivity contribution in [1.82, 2.24) is 0 Å². The lowest BCUT2D eigenvalue weighted by Crippen LogP contribution is -1.99. The van der Waals surface area contributed by atoms with Crippen LogP contribution in [0.1, 0.15) is 11.1 Å². The highest BCUT2D eigenvalue weighted by atomic mass is 14.8. The van der Waals surface area contributed by atoms with E-state index in [9.17, 15) is 0 Å². The number of nitrogens with zero attached hydrogens (tertiary/aromatic N) is 1. The molecule has 1 aliphatic heterocycles. The fraction of sp³-hybridized carbons (Fsp3) is 0.100. The van der Waals surface area contributed by atoms with Gasteiger partial charge >= 0.3 is 0 Å². The molecule has 2 rings (SSSR count). The van der Waals surface area contributed by atoms with Gasteiger partial charge in [-0.2, -0.15) is 5.26 Å². The molecule has 58 valence electrons. The van der Waals surface area contributed by atoms with Crippen molar-refractivity contribution in [3.63, 3.8) is 0 Å². The summed E-state index contributed by atoms with van der Waals surface area (Å²) < 4.78 is 0. The van der Waals surface area contributed by atoms with Crippen LogP contribution >= 0.6 is 0 Å². The monoisotopic (exact) mass is 156 g/mol. The molecule has 0 aliphatic carbocycles. The summed E-state index contributed by atoms with van der Waals surface area (Å²) >= 11 is 0. The summed E-state index contributed by atoms with van der Waals surface area (Å²) in [7, 11) is 0. The van der Waals surface area contributed by atoms with Crippen LogP contribution in [-0.4, -0.2) is 0 Å². The lowest BCUT2D eigenvalue weighted by molar-refractivity contribution is 1.22. The highest BCUT2D eigenvalue weighted by Gasteiger charge is 2.03. The van der Waals surface area contributed by atoms with Gasteiger partial charge in [0.25, 0.3) is 0 Å². The molecule has 0 saturated heterocycles. The molecular weight excluding hydrogens is 148 g/mol. The molecular formula is C10H8N2. The van der Waals surface area contributed by atoms with Crippen LogP contribution in [0.3, 0.4) is 0 Å². The van der Waals surface area contributed by atoms with E-state index >= 15 is 0 Å². The molecule has 12 heavy (non-hydrogen) atoms. The van der Waals surface area contributed by atoms with Crippen molar-refractivity contribution in [2.75, 3.05) is 5.32 Å². The Labute approximate surface area is 71.1 Å². The minimum atomic E-state index is 0.728. The first kappa shape index (κ1) is 6.93. The second-order valence-corrected chi connectivity index (χ2v) is 2.73. The average Bonchev–Trinajstić information content (AvgIpc) is 2.17. The largest absolute Gasteiger partial charge is 0.362 e. The minimum absolute atomic E-state index is 0.728. The van der Waals surface area contributed by atoms with E-state index in [0.29, 0.717) is 0 Å². The van der Waals surface area contributed by atoms with E-state index < -0.39 is 0 Å². The van der Waals surface area contributed by atoms with E-state index in [1.54, 1.807) is 0 Å². The predicted octanol–water partition coefficient (Wildman–Crippen LogP) is 2.04. The Balaban J connectivity index is 2.48. The second kappa shape index (κ2) is 2.71. The molecule has 0 fully saturated rings. The number of rotatable bonds is 0. The molecule has 0 saturated carbocycles. The number of nitriles is 1. The van der Waals surface area contributed by atoms with Gasteiger partial charge in [0.1, 0.15) is 0 Å². The van der Waals surface area contributed by atoms with Gasteiger partial charge in [-0.3, -0.25) is 0 Å². The first-order valence-corrected chi connectivity index (χ1v) is 3.85. The van der Waals surface area contributed by atoms with E-state index in [-0.39, 0.29) is 0 Å². The van der Waals surface area contributed by atoms with Gasteiger partial charge in [-0.1, -0.05) is 6.08 Å².